The maximum atomic E-state index is 13.5. The van der Waals surface area contributed by atoms with E-state index in [0.29, 0.717) is 39.3 Å². The van der Waals surface area contributed by atoms with Gasteiger partial charge in [-0.15, -0.1) is 22.7 Å². The van der Waals surface area contributed by atoms with Gasteiger partial charge in [0.1, 0.15) is 6.54 Å². The van der Waals surface area contributed by atoms with Crippen molar-refractivity contribution < 1.29 is 14.3 Å². The zero-order valence-corrected chi connectivity index (χ0v) is 20.8. The van der Waals surface area contributed by atoms with Crippen molar-refractivity contribution >= 4 is 40.3 Å². The van der Waals surface area contributed by atoms with Gasteiger partial charge >= 0.3 is 6.03 Å². The molecule has 1 fully saturated rings. The Bertz CT molecular complexity index is 969. The van der Waals surface area contributed by atoms with E-state index in [1.54, 1.807) is 32.6 Å². The second-order valence-corrected chi connectivity index (χ2v) is 10.1. The van der Waals surface area contributed by atoms with E-state index in [1.807, 2.05) is 24.4 Å². The lowest BCUT2D eigenvalue weighted by molar-refractivity contribution is -0.133. The molecule has 8 nitrogen and oxygen atoms in total. The molecule has 0 saturated carbocycles. The fourth-order valence-corrected chi connectivity index (χ4v) is 5.83. The molecule has 1 atom stereocenters. The lowest BCUT2D eigenvalue weighted by Gasteiger charge is -2.31. The highest BCUT2D eigenvalue weighted by atomic mass is 32.1. The van der Waals surface area contributed by atoms with Crippen LogP contribution in [0.3, 0.4) is 0 Å². The topological polar surface area (TPSA) is 77.5 Å². The first kappa shape index (κ1) is 23.9. The van der Waals surface area contributed by atoms with Crippen molar-refractivity contribution in [2.24, 2.45) is 5.10 Å². The number of ether oxygens (including phenoxy) is 1. The SMILES string of the molecule is CCNC(=O)N(CCN1CCOCC1)CC(=O)N1N=C(c2cccs2)CC1c1sccc1C. The second-order valence-electron chi connectivity index (χ2n) is 8.16. The first-order chi connectivity index (χ1) is 16.1. The van der Waals surface area contributed by atoms with Crippen LogP contribution in [0.1, 0.15) is 34.7 Å². The number of urea groups is 1. The molecule has 2 aliphatic rings. The van der Waals surface area contributed by atoms with E-state index in [9.17, 15) is 9.59 Å². The number of nitrogens with zero attached hydrogens (tertiary/aromatic N) is 4. The maximum Gasteiger partial charge on any atom is 0.317 e. The molecule has 0 aromatic carbocycles. The highest BCUT2D eigenvalue weighted by molar-refractivity contribution is 7.12. The van der Waals surface area contributed by atoms with Crippen LogP contribution >= 0.6 is 22.7 Å². The van der Waals surface area contributed by atoms with E-state index in [1.165, 1.54) is 5.56 Å². The maximum absolute atomic E-state index is 13.5. The summed E-state index contributed by atoms with van der Waals surface area (Å²) in [6.45, 7) is 8.76. The van der Waals surface area contributed by atoms with Gasteiger partial charge in [0.25, 0.3) is 5.91 Å². The van der Waals surface area contributed by atoms with E-state index < -0.39 is 0 Å². The van der Waals surface area contributed by atoms with Gasteiger partial charge in [0.15, 0.2) is 0 Å². The minimum atomic E-state index is -0.218. The van der Waals surface area contributed by atoms with Crippen molar-refractivity contribution in [1.82, 2.24) is 20.1 Å². The summed E-state index contributed by atoms with van der Waals surface area (Å²) in [7, 11) is 0. The molecule has 2 aromatic rings. The summed E-state index contributed by atoms with van der Waals surface area (Å²) in [5, 5.41) is 13.3. The Labute approximate surface area is 202 Å². The molecule has 33 heavy (non-hydrogen) atoms. The molecule has 0 radical (unpaired) electrons. The molecule has 3 amide bonds. The van der Waals surface area contributed by atoms with Crippen LogP contribution in [0.4, 0.5) is 4.79 Å². The van der Waals surface area contributed by atoms with Gasteiger partial charge in [0, 0.05) is 44.0 Å². The molecule has 1 saturated heterocycles. The summed E-state index contributed by atoms with van der Waals surface area (Å²) in [5.74, 6) is -0.160. The molecule has 2 aliphatic heterocycles. The smallest absolute Gasteiger partial charge is 0.317 e. The first-order valence-corrected chi connectivity index (χ1v) is 13.1. The molecular formula is C23H31N5O3S2. The Morgan fingerprint density at radius 3 is 2.73 bits per heavy atom. The molecule has 4 heterocycles. The minimum absolute atomic E-state index is 0.00167. The van der Waals surface area contributed by atoms with Crippen molar-refractivity contribution in [2.45, 2.75) is 26.3 Å². The van der Waals surface area contributed by atoms with Gasteiger partial charge < -0.3 is 15.0 Å². The highest BCUT2D eigenvalue weighted by Crippen LogP contribution is 2.37. The number of carbonyl (C=O) groups excluding carboxylic acids is 2. The van der Waals surface area contributed by atoms with Crippen LogP contribution in [-0.2, 0) is 9.53 Å². The average Bonchev–Trinajstić information content (AvgIpc) is 3.57. The van der Waals surface area contributed by atoms with E-state index in [0.717, 1.165) is 28.6 Å². The molecule has 0 aliphatic carbocycles. The summed E-state index contributed by atoms with van der Waals surface area (Å²) in [5.41, 5.74) is 2.09. The van der Waals surface area contributed by atoms with Crippen molar-refractivity contribution in [3.63, 3.8) is 0 Å². The number of aryl methyl sites for hydroxylation is 1. The molecule has 178 valence electrons. The zero-order valence-electron chi connectivity index (χ0n) is 19.2. The Hall–Kier alpha value is -2.27. The van der Waals surface area contributed by atoms with Gasteiger partial charge in [-0.1, -0.05) is 6.07 Å². The lowest BCUT2D eigenvalue weighted by Crippen LogP contribution is -2.49. The van der Waals surface area contributed by atoms with Crippen LogP contribution in [0.15, 0.2) is 34.1 Å². The first-order valence-electron chi connectivity index (χ1n) is 11.4. The second kappa shape index (κ2) is 11.2. The molecule has 0 bridgehead atoms. The number of hydrogen-bond donors (Lipinski definition) is 1. The number of amides is 3. The molecule has 10 heteroatoms. The third-order valence-corrected chi connectivity index (χ3v) is 7.95. The van der Waals surface area contributed by atoms with Crippen molar-refractivity contribution in [2.75, 3.05) is 52.5 Å². The Morgan fingerprint density at radius 1 is 1.24 bits per heavy atom. The summed E-state index contributed by atoms with van der Waals surface area (Å²) >= 11 is 3.29. The number of hydrazone groups is 1. The van der Waals surface area contributed by atoms with Crippen LogP contribution in [0.25, 0.3) is 0 Å². The number of thiophene rings is 2. The summed E-state index contributed by atoms with van der Waals surface area (Å²) in [6, 6.07) is 5.77. The van der Waals surface area contributed by atoms with Gasteiger partial charge in [-0.05, 0) is 42.3 Å². The normalized spacial score (nSPS) is 18.9. The van der Waals surface area contributed by atoms with Gasteiger partial charge in [-0.2, -0.15) is 5.10 Å². The number of hydrogen-bond acceptors (Lipinski definition) is 7. The fourth-order valence-electron chi connectivity index (χ4n) is 4.10. The molecule has 2 aromatic heterocycles. The van der Waals surface area contributed by atoms with Crippen LogP contribution in [0.5, 0.6) is 0 Å². The number of morpholine rings is 1. The largest absolute Gasteiger partial charge is 0.379 e. The Kier molecular flexibility index (Phi) is 8.13. The van der Waals surface area contributed by atoms with E-state index in [2.05, 4.69) is 28.6 Å². The van der Waals surface area contributed by atoms with Crippen molar-refractivity contribution in [3.8, 4) is 0 Å². The standard InChI is InChI=1S/C23H31N5O3S2/c1-3-24-23(30)27(8-7-26-9-11-31-12-10-26)16-21(29)28-19(22-17(2)6-14-33-22)15-18(25-28)20-5-4-13-32-20/h4-6,13-14,19H,3,7-12,15-16H2,1-2H3,(H,24,30). The van der Waals surface area contributed by atoms with Crippen molar-refractivity contribution in [1.29, 1.82) is 0 Å². The van der Waals surface area contributed by atoms with Gasteiger partial charge in [0.05, 0.1) is 29.8 Å². The van der Waals surface area contributed by atoms with Gasteiger partial charge in [0.2, 0.25) is 0 Å². The predicted molar refractivity (Wildman–Crippen MR) is 132 cm³/mol. The molecule has 0 spiro atoms. The van der Waals surface area contributed by atoms with Gasteiger partial charge in [-0.3, -0.25) is 9.69 Å². The number of nitrogens with one attached hydrogen (secondary N) is 1. The third kappa shape index (κ3) is 5.81. The monoisotopic (exact) mass is 489 g/mol. The average molecular weight is 490 g/mol. The van der Waals surface area contributed by atoms with Crippen LogP contribution < -0.4 is 5.32 Å². The predicted octanol–water partition coefficient (Wildman–Crippen LogP) is 3.16. The van der Waals surface area contributed by atoms with Crippen molar-refractivity contribution in [3.05, 3.63) is 44.3 Å². The summed E-state index contributed by atoms with van der Waals surface area (Å²) < 4.78 is 5.41. The van der Waals surface area contributed by atoms with Crippen LogP contribution in [0.2, 0.25) is 0 Å². The molecular weight excluding hydrogens is 458 g/mol. The summed E-state index contributed by atoms with van der Waals surface area (Å²) in [4.78, 5) is 32.4. The quantitative estimate of drug-likeness (QED) is 0.618. The molecule has 1 N–H and O–H groups in total. The zero-order chi connectivity index (χ0) is 23.2. The van der Waals surface area contributed by atoms with Crippen LogP contribution in [-0.4, -0.2) is 84.9 Å². The number of carbonyl (C=O) groups is 2. The Balaban J connectivity index is 1.51. The Morgan fingerprint density at radius 2 is 2.06 bits per heavy atom. The summed E-state index contributed by atoms with van der Waals surface area (Å²) in [6.07, 6.45) is 0.683. The molecule has 1 unspecified atom stereocenters. The third-order valence-electron chi connectivity index (χ3n) is 5.91. The number of rotatable bonds is 8. The molecule has 4 rings (SSSR count). The minimum Gasteiger partial charge on any atom is -0.379 e. The van der Waals surface area contributed by atoms with Crippen LogP contribution in [0, 0.1) is 6.92 Å². The lowest BCUT2D eigenvalue weighted by atomic mass is 10.1. The fraction of sp³-hybridized carbons (Fsp3) is 0.522. The van der Waals surface area contributed by atoms with Gasteiger partial charge in [-0.25, -0.2) is 9.80 Å². The van der Waals surface area contributed by atoms with E-state index >= 15 is 0 Å². The van der Waals surface area contributed by atoms with E-state index in [4.69, 9.17) is 9.84 Å². The highest BCUT2D eigenvalue weighted by Gasteiger charge is 2.36. The van der Waals surface area contributed by atoms with E-state index in [-0.39, 0.29) is 24.5 Å².